The number of hydrogen-bond acceptors (Lipinski definition) is 4. The summed E-state index contributed by atoms with van der Waals surface area (Å²) < 4.78 is 31.7. The first-order valence-electron chi connectivity index (χ1n) is 9.75. The van der Waals surface area contributed by atoms with Crippen molar-refractivity contribution >= 4 is 12.9 Å². The van der Waals surface area contributed by atoms with Crippen molar-refractivity contribution in [1.29, 1.82) is 0 Å². The number of benzene rings is 1. The Morgan fingerprint density at radius 3 is 1.92 bits per heavy atom. The van der Waals surface area contributed by atoms with Crippen LogP contribution in [-0.4, -0.2) is 19.3 Å². The second-order valence-corrected chi connectivity index (χ2v) is 9.19. The van der Waals surface area contributed by atoms with E-state index in [1.807, 2.05) is 24.3 Å². The van der Waals surface area contributed by atoms with Gasteiger partial charge in [-0.25, -0.2) is 0 Å². The van der Waals surface area contributed by atoms with E-state index in [9.17, 15) is 4.57 Å². The molecule has 0 saturated heterocycles. The van der Waals surface area contributed by atoms with Gasteiger partial charge >= 0.3 is 7.60 Å². The van der Waals surface area contributed by atoms with Gasteiger partial charge in [-0.05, 0) is 37.3 Å². The number of ether oxygens (including phenoxy) is 1. The van der Waals surface area contributed by atoms with Crippen molar-refractivity contribution in [2.75, 3.05) is 7.11 Å². The quantitative estimate of drug-likeness (QED) is 0.610. The molecule has 2 fully saturated rings. The summed E-state index contributed by atoms with van der Waals surface area (Å²) in [6, 6.07) is 7.71. The molecule has 0 bridgehead atoms. The molecular weight excluding hydrogens is 335 g/mol. The molecule has 1 aromatic rings. The lowest BCUT2D eigenvalue weighted by molar-refractivity contribution is 0.0843. The van der Waals surface area contributed by atoms with Crippen LogP contribution in [0, 0.1) is 0 Å². The van der Waals surface area contributed by atoms with E-state index in [1.54, 1.807) is 7.11 Å². The molecule has 2 aliphatic rings. The molecule has 0 radical (unpaired) electrons. The molecule has 0 unspecified atom stereocenters. The van der Waals surface area contributed by atoms with E-state index >= 15 is 0 Å². The maximum atomic E-state index is 13.9. The lowest BCUT2D eigenvalue weighted by atomic mass is 9.98. The highest BCUT2D eigenvalue weighted by Gasteiger charge is 2.36. The average Bonchev–Trinajstić information content (AvgIpc) is 2.64. The van der Waals surface area contributed by atoms with Crippen LogP contribution in [0.25, 0.3) is 0 Å². The van der Waals surface area contributed by atoms with Gasteiger partial charge in [-0.3, -0.25) is 4.57 Å². The third-order valence-corrected chi connectivity index (χ3v) is 7.44. The van der Waals surface area contributed by atoms with Gasteiger partial charge < -0.3 is 13.8 Å². The Kier molecular flexibility index (Phi) is 7.12. The molecule has 2 saturated carbocycles. The molecule has 0 aromatic heterocycles. The Labute approximate surface area is 151 Å². The van der Waals surface area contributed by atoms with E-state index in [4.69, 9.17) is 13.8 Å². The number of hydrogen-bond donors (Lipinski definition) is 0. The van der Waals surface area contributed by atoms with Crippen LogP contribution in [0.15, 0.2) is 24.3 Å². The van der Waals surface area contributed by atoms with E-state index in [1.165, 1.54) is 12.8 Å². The van der Waals surface area contributed by atoms with Crippen molar-refractivity contribution in [1.82, 2.24) is 0 Å². The van der Waals surface area contributed by atoms with Crippen LogP contribution in [-0.2, 0) is 25.0 Å². The topological polar surface area (TPSA) is 44.8 Å². The second kappa shape index (κ2) is 9.32. The molecule has 0 spiro atoms. The summed E-state index contributed by atoms with van der Waals surface area (Å²) >= 11 is 0. The predicted molar refractivity (Wildman–Crippen MR) is 100 cm³/mol. The molecule has 5 heteroatoms. The van der Waals surface area contributed by atoms with Gasteiger partial charge in [0.15, 0.2) is 0 Å². The fourth-order valence-electron chi connectivity index (χ4n) is 3.93. The molecule has 1 aromatic carbocycles. The normalized spacial score (nSPS) is 20.7. The van der Waals surface area contributed by atoms with E-state index in [0.717, 1.165) is 56.9 Å². The third-order valence-electron chi connectivity index (χ3n) is 5.27. The van der Waals surface area contributed by atoms with Crippen molar-refractivity contribution in [3.63, 3.8) is 0 Å². The van der Waals surface area contributed by atoms with Gasteiger partial charge in [0.05, 0.1) is 24.1 Å². The lowest BCUT2D eigenvalue weighted by Crippen LogP contribution is -2.26. The molecule has 0 heterocycles. The fourth-order valence-corrected chi connectivity index (χ4v) is 6.17. The van der Waals surface area contributed by atoms with Gasteiger partial charge in [0.1, 0.15) is 0 Å². The Bertz CT molecular complexity index is 553. The molecule has 25 heavy (non-hydrogen) atoms. The predicted octanol–water partition coefficient (Wildman–Crippen LogP) is 5.35. The molecule has 2 aliphatic carbocycles. The molecule has 0 amide bonds. The largest absolute Gasteiger partial charge is 0.380 e. The summed E-state index contributed by atoms with van der Waals surface area (Å²) in [6.45, 7) is 0.419. The van der Waals surface area contributed by atoms with Crippen LogP contribution in [0.4, 0.5) is 0 Å². The zero-order valence-corrected chi connectivity index (χ0v) is 16.2. The monoisotopic (exact) mass is 366 g/mol. The van der Waals surface area contributed by atoms with Crippen LogP contribution >= 0.6 is 7.60 Å². The van der Waals surface area contributed by atoms with Crippen LogP contribution in [0.5, 0.6) is 0 Å². The van der Waals surface area contributed by atoms with Crippen molar-refractivity contribution in [3.8, 4) is 0 Å². The maximum Gasteiger partial charge on any atom is 0.362 e. The number of rotatable bonds is 7. The van der Waals surface area contributed by atoms with Crippen LogP contribution in [0.1, 0.15) is 69.8 Å². The van der Waals surface area contributed by atoms with Crippen molar-refractivity contribution in [3.05, 3.63) is 29.8 Å². The first kappa shape index (κ1) is 19.1. The standard InChI is InChI=1S/C20H31O4P/c1-22-16-17-10-8-9-15-20(17)25(21,23-18-11-4-2-5-12-18)24-19-13-6-3-7-14-19/h8-10,15,18-19H,2-7,11-14,16H2,1H3. The Morgan fingerprint density at radius 2 is 1.40 bits per heavy atom. The molecule has 0 N–H and O–H groups in total. The zero-order valence-electron chi connectivity index (χ0n) is 15.3. The van der Waals surface area contributed by atoms with Gasteiger partial charge in [0.2, 0.25) is 0 Å². The van der Waals surface area contributed by atoms with E-state index in [2.05, 4.69) is 0 Å². The highest BCUT2D eigenvalue weighted by Crippen LogP contribution is 2.53. The lowest BCUT2D eigenvalue weighted by Gasteiger charge is -2.32. The van der Waals surface area contributed by atoms with Crippen molar-refractivity contribution in [2.45, 2.75) is 83.0 Å². The van der Waals surface area contributed by atoms with Crippen molar-refractivity contribution in [2.24, 2.45) is 0 Å². The smallest absolute Gasteiger partial charge is 0.362 e. The van der Waals surface area contributed by atoms with E-state index in [0.29, 0.717) is 11.9 Å². The highest BCUT2D eigenvalue weighted by atomic mass is 31.2. The zero-order chi connectivity index (χ0) is 17.5. The summed E-state index contributed by atoms with van der Waals surface area (Å²) in [5.74, 6) is 0. The Morgan fingerprint density at radius 1 is 0.880 bits per heavy atom. The summed E-state index contributed by atoms with van der Waals surface area (Å²) in [6.07, 6.45) is 11.1. The molecule has 140 valence electrons. The SMILES string of the molecule is COCc1ccccc1P(=O)(OC1CCCCC1)OC1CCCCC1. The molecule has 4 nitrogen and oxygen atoms in total. The summed E-state index contributed by atoms with van der Waals surface area (Å²) in [5, 5.41) is 0.688. The summed E-state index contributed by atoms with van der Waals surface area (Å²) in [5.41, 5.74) is 0.903. The first-order valence-corrected chi connectivity index (χ1v) is 11.3. The molecule has 0 aliphatic heterocycles. The maximum absolute atomic E-state index is 13.9. The fraction of sp³-hybridized carbons (Fsp3) is 0.700. The minimum Gasteiger partial charge on any atom is -0.380 e. The Hall–Kier alpha value is -0.670. The summed E-state index contributed by atoms with van der Waals surface area (Å²) in [4.78, 5) is 0. The second-order valence-electron chi connectivity index (χ2n) is 7.29. The van der Waals surface area contributed by atoms with Gasteiger partial charge in [0, 0.05) is 7.11 Å². The Balaban J connectivity index is 1.85. The average molecular weight is 366 g/mol. The van der Waals surface area contributed by atoms with E-state index in [-0.39, 0.29) is 12.2 Å². The first-order chi connectivity index (χ1) is 12.2. The molecule has 0 atom stereocenters. The van der Waals surface area contributed by atoms with Crippen LogP contribution < -0.4 is 5.30 Å². The molecule has 3 rings (SSSR count). The van der Waals surface area contributed by atoms with Gasteiger partial charge in [0.25, 0.3) is 0 Å². The van der Waals surface area contributed by atoms with E-state index < -0.39 is 7.60 Å². The highest BCUT2D eigenvalue weighted by molar-refractivity contribution is 7.62. The minimum atomic E-state index is -3.36. The minimum absolute atomic E-state index is 0.0405. The number of methoxy groups -OCH3 is 1. The van der Waals surface area contributed by atoms with Gasteiger partial charge in [-0.15, -0.1) is 0 Å². The summed E-state index contributed by atoms with van der Waals surface area (Å²) in [7, 11) is -1.70. The van der Waals surface area contributed by atoms with Crippen LogP contribution in [0.3, 0.4) is 0 Å². The third kappa shape index (κ3) is 5.17. The van der Waals surface area contributed by atoms with Crippen molar-refractivity contribution < 1.29 is 18.3 Å². The molecular formula is C20H31O4P. The van der Waals surface area contributed by atoms with Crippen LogP contribution in [0.2, 0.25) is 0 Å². The van der Waals surface area contributed by atoms with Gasteiger partial charge in [-0.2, -0.15) is 0 Å². The van der Waals surface area contributed by atoms with Gasteiger partial charge in [-0.1, -0.05) is 56.7 Å².